The van der Waals surface area contributed by atoms with Crippen LogP contribution in [0.2, 0.25) is 0 Å². The van der Waals surface area contributed by atoms with Crippen molar-refractivity contribution in [2.75, 3.05) is 18.5 Å². The maximum atomic E-state index is 12.8. The first kappa shape index (κ1) is 23.1. The number of nitrogens with zero attached hydrogens (tertiary/aromatic N) is 1. The van der Waals surface area contributed by atoms with Crippen molar-refractivity contribution in [2.24, 2.45) is 0 Å². The van der Waals surface area contributed by atoms with Gasteiger partial charge in [-0.1, -0.05) is 48.5 Å². The van der Waals surface area contributed by atoms with Crippen LogP contribution >= 0.6 is 15.9 Å². The van der Waals surface area contributed by atoms with Crippen LogP contribution in [0.5, 0.6) is 0 Å². The van der Waals surface area contributed by atoms with Gasteiger partial charge in [0.15, 0.2) is 0 Å². The lowest BCUT2D eigenvalue weighted by Crippen LogP contribution is -2.40. The van der Waals surface area contributed by atoms with E-state index in [1.165, 1.54) is 4.90 Å². The van der Waals surface area contributed by atoms with Gasteiger partial charge in [-0.3, -0.25) is 10.1 Å². The Kier molecular flexibility index (Phi) is 6.30. The second-order valence-corrected chi connectivity index (χ2v) is 9.49. The predicted octanol–water partition coefficient (Wildman–Crippen LogP) is 5.50. The van der Waals surface area contributed by atoms with Gasteiger partial charge < -0.3 is 14.7 Å². The minimum Gasteiger partial charge on any atom is -0.480 e. The van der Waals surface area contributed by atoms with Crippen molar-refractivity contribution < 1.29 is 24.2 Å². The summed E-state index contributed by atoms with van der Waals surface area (Å²) in [6, 6.07) is 20.2. The molecule has 3 aromatic rings. The molecule has 2 amide bonds. The van der Waals surface area contributed by atoms with E-state index in [4.69, 9.17) is 4.74 Å². The lowest BCUT2D eigenvalue weighted by molar-refractivity contribution is -0.141. The van der Waals surface area contributed by atoms with Gasteiger partial charge in [0.05, 0.1) is 5.69 Å². The average molecular weight is 535 g/mol. The van der Waals surface area contributed by atoms with E-state index in [9.17, 15) is 19.5 Å². The molecule has 3 aromatic carbocycles. The van der Waals surface area contributed by atoms with Gasteiger partial charge in [-0.15, -0.1) is 0 Å². The molecule has 1 fully saturated rings. The molecule has 0 spiro atoms. The fourth-order valence-corrected chi connectivity index (χ4v) is 5.40. The summed E-state index contributed by atoms with van der Waals surface area (Å²) < 4.78 is 6.09. The predicted molar refractivity (Wildman–Crippen MR) is 135 cm³/mol. The van der Waals surface area contributed by atoms with E-state index >= 15 is 0 Å². The Bertz CT molecular complexity index is 1280. The van der Waals surface area contributed by atoms with E-state index in [-0.39, 0.29) is 18.4 Å². The highest BCUT2D eigenvalue weighted by atomic mass is 79.9. The molecule has 1 heterocycles. The van der Waals surface area contributed by atoms with Gasteiger partial charge in [0.2, 0.25) is 0 Å². The molecule has 178 valence electrons. The van der Waals surface area contributed by atoms with Crippen LogP contribution in [0.3, 0.4) is 0 Å². The van der Waals surface area contributed by atoms with E-state index in [0.717, 1.165) is 22.3 Å². The standard InChI is InChI=1S/C27H23BrN2O5/c28-22-14-16(25(31)30-13-5-10-24(30)26(32)33)11-12-23(22)29-27(34)35-15-21-19-8-3-1-6-17(19)18-7-2-4-9-20(18)21/h1-4,6-9,11-12,14,21,24H,5,10,13,15H2,(H,29,34)(H,32,33)/t24-/m0/s1. The molecule has 0 radical (unpaired) electrons. The van der Waals surface area contributed by atoms with Gasteiger partial charge in [0, 0.05) is 22.5 Å². The molecule has 2 aliphatic rings. The van der Waals surface area contributed by atoms with Crippen LogP contribution in [-0.4, -0.2) is 47.2 Å². The van der Waals surface area contributed by atoms with Crippen molar-refractivity contribution in [1.82, 2.24) is 4.90 Å². The topological polar surface area (TPSA) is 95.9 Å². The number of anilines is 1. The van der Waals surface area contributed by atoms with Crippen molar-refractivity contribution in [1.29, 1.82) is 0 Å². The van der Waals surface area contributed by atoms with Crippen LogP contribution in [-0.2, 0) is 9.53 Å². The first-order valence-electron chi connectivity index (χ1n) is 11.4. The van der Waals surface area contributed by atoms with Crippen molar-refractivity contribution in [2.45, 2.75) is 24.8 Å². The number of hydrogen-bond acceptors (Lipinski definition) is 4. The number of likely N-dealkylation sites (tertiary alicyclic amines) is 1. The number of halogens is 1. The van der Waals surface area contributed by atoms with E-state index in [0.29, 0.717) is 35.1 Å². The fraction of sp³-hybridized carbons (Fsp3) is 0.222. The van der Waals surface area contributed by atoms with Gasteiger partial charge in [-0.25, -0.2) is 9.59 Å². The van der Waals surface area contributed by atoms with E-state index < -0.39 is 18.1 Å². The quantitative estimate of drug-likeness (QED) is 0.450. The molecule has 0 aromatic heterocycles. The fourth-order valence-electron chi connectivity index (χ4n) is 4.93. The third kappa shape index (κ3) is 4.41. The first-order chi connectivity index (χ1) is 16.9. The van der Waals surface area contributed by atoms with Crippen molar-refractivity contribution >= 4 is 39.6 Å². The molecule has 0 saturated carbocycles. The van der Waals surface area contributed by atoms with Crippen LogP contribution in [0.1, 0.15) is 40.2 Å². The third-order valence-corrected chi connectivity index (χ3v) is 7.25. The Balaban J connectivity index is 1.25. The highest BCUT2D eigenvalue weighted by Crippen LogP contribution is 2.44. The van der Waals surface area contributed by atoms with Crippen molar-refractivity contribution in [3.05, 3.63) is 87.9 Å². The maximum Gasteiger partial charge on any atom is 0.411 e. The number of aliphatic carboxylic acids is 1. The van der Waals surface area contributed by atoms with E-state index in [1.807, 2.05) is 24.3 Å². The second kappa shape index (κ2) is 9.54. The molecule has 5 rings (SSSR count). The Morgan fingerprint density at radius 3 is 2.29 bits per heavy atom. The summed E-state index contributed by atoms with van der Waals surface area (Å²) >= 11 is 3.40. The molecule has 35 heavy (non-hydrogen) atoms. The Morgan fingerprint density at radius 2 is 1.66 bits per heavy atom. The Labute approximate surface area is 210 Å². The number of ether oxygens (including phenoxy) is 1. The molecule has 1 atom stereocenters. The number of benzene rings is 3. The molecule has 8 heteroatoms. The molecule has 0 bridgehead atoms. The van der Waals surface area contributed by atoms with Gasteiger partial charge in [-0.05, 0) is 69.2 Å². The number of carboxylic acid groups (broad SMARTS) is 1. The number of rotatable bonds is 5. The lowest BCUT2D eigenvalue weighted by atomic mass is 9.98. The first-order valence-corrected chi connectivity index (χ1v) is 12.2. The molecule has 0 unspecified atom stereocenters. The highest BCUT2D eigenvalue weighted by Gasteiger charge is 2.34. The van der Waals surface area contributed by atoms with Gasteiger partial charge in [-0.2, -0.15) is 0 Å². The molecule has 2 N–H and O–H groups in total. The largest absolute Gasteiger partial charge is 0.480 e. The molecule has 1 saturated heterocycles. The number of hydrogen-bond donors (Lipinski definition) is 2. The van der Waals surface area contributed by atoms with Crippen LogP contribution in [0.15, 0.2) is 71.2 Å². The molecular formula is C27H23BrN2O5. The summed E-state index contributed by atoms with van der Waals surface area (Å²) in [6.45, 7) is 0.604. The lowest BCUT2D eigenvalue weighted by Gasteiger charge is -2.21. The van der Waals surface area contributed by atoms with E-state index in [2.05, 4.69) is 45.5 Å². The zero-order valence-corrected chi connectivity index (χ0v) is 20.3. The second-order valence-electron chi connectivity index (χ2n) is 8.64. The van der Waals surface area contributed by atoms with Crippen LogP contribution in [0.25, 0.3) is 11.1 Å². The number of carbonyl (C=O) groups excluding carboxylic acids is 2. The SMILES string of the molecule is O=C(Nc1ccc(C(=O)N2CCC[C@H]2C(=O)O)cc1Br)OCC1c2ccccc2-c2ccccc21. The zero-order chi connectivity index (χ0) is 24.5. The van der Waals surface area contributed by atoms with Crippen molar-refractivity contribution in [3.8, 4) is 11.1 Å². The zero-order valence-electron chi connectivity index (χ0n) is 18.7. The maximum absolute atomic E-state index is 12.8. The third-order valence-electron chi connectivity index (χ3n) is 6.60. The van der Waals surface area contributed by atoms with Crippen molar-refractivity contribution in [3.63, 3.8) is 0 Å². The van der Waals surface area contributed by atoms with Crippen LogP contribution < -0.4 is 5.32 Å². The van der Waals surface area contributed by atoms with Gasteiger partial charge in [0.25, 0.3) is 5.91 Å². The number of nitrogens with one attached hydrogen (secondary N) is 1. The normalized spacial score (nSPS) is 16.5. The summed E-state index contributed by atoms with van der Waals surface area (Å²) in [4.78, 5) is 38.2. The minimum atomic E-state index is -0.997. The minimum absolute atomic E-state index is 0.0424. The average Bonchev–Trinajstić information content (AvgIpc) is 3.47. The monoisotopic (exact) mass is 534 g/mol. The van der Waals surface area contributed by atoms with Gasteiger partial charge in [0.1, 0.15) is 12.6 Å². The molecule has 1 aliphatic carbocycles. The summed E-state index contributed by atoms with van der Waals surface area (Å²) in [7, 11) is 0. The molecule has 7 nitrogen and oxygen atoms in total. The van der Waals surface area contributed by atoms with E-state index in [1.54, 1.807) is 18.2 Å². The Morgan fingerprint density at radius 1 is 1.00 bits per heavy atom. The molecular weight excluding hydrogens is 512 g/mol. The summed E-state index contributed by atoms with van der Waals surface area (Å²) in [5.41, 5.74) is 5.38. The summed E-state index contributed by atoms with van der Waals surface area (Å²) in [5, 5.41) is 12.1. The van der Waals surface area contributed by atoms with Crippen LogP contribution in [0, 0.1) is 0 Å². The highest BCUT2D eigenvalue weighted by molar-refractivity contribution is 9.10. The Hall–Kier alpha value is -3.65. The number of carbonyl (C=O) groups is 3. The summed E-state index contributed by atoms with van der Waals surface area (Å²) in [5.74, 6) is -1.38. The molecule has 1 aliphatic heterocycles. The number of amides is 2. The number of fused-ring (bicyclic) bond motifs is 3. The van der Waals surface area contributed by atoms with Gasteiger partial charge >= 0.3 is 12.1 Å². The number of carboxylic acids is 1. The van der Waals surface area contributed by atoms with Crippen LogP contribution in [0.4, 0.5) is 10.5 Å². The smallest absolute Gasteiger partial charge is 0.411 e. The summed E-state index contributed by atoms with van der Waals surface area (Å²) in [6.07, 6.45) is 0.506.